The van der Waals surface area contributed by atoms with Crippen molar-refractivity contribution < 1.29 is 19.0 Å². The van der Waals surface area contributed by atoms with Crippen LogP contribution in [0.15, 0.2) is 24.5 Å². The number of nitrogens with one attached hydrogen (secondary N) is 1. The van der Waals surface area contributed by atoms with Gasteiger partial charge in [-0.15, -0.1) is 0 Å². The predicted molar refractivity (Wildman–Crippen MR) is 141 cm³/mol. The van der Waals surface area contributed by atoms with Gasteiger partial charge in [0.15, 0.2) is 5.15 Å². The van der Waals surface area contributed by atoms with Crippen molar-refractivity contribution in [2.24, 2.45) is 0 Å². The van der Waals surface area contributed by atoms with Gasteiger partial charge in [0.25, 0.3) is 0 Å². The minimum atomic E-state index is -1.12. The minimum absolute atomic E-state index is 0.00921. The standard InChI is InChI=1S/C26H29Cl2FN6O3/c1-37-26-11-25(12-26,13-26)35-23(28)20(7-31-35)33-24-30-6-14-4-17(27)16(5-19(14)32-24)15-2-3-34(8-18(15)29)21-9-38-10-22(21)36/h4-7,15,18,21-22,36H,2-3,8-13H2,1H3,(H,30,32,33)/t15-,18?,21+,22?,25?,26?/m0/s1. The Morgan fingerprint density at radius 2 is 2.03 bits per heavy atom. The van der Waals surface area contributed by atoms with Gasteiger partial charge in [-0.3, -0.25) is 4.90 Å². The van der Waals surface area contributed by atoms with Crippen LogP contribution >= 0.6 is 23.2 Å². The highest BCUT2D eigenvalue weighted by molar-refractivity contribution is 6.32. The summed E-state index contributed by atoms with van der Waals surface area (Å²) in [6.45, 7) is 1.63. The van der Waals surface area contributed by atoms with Crippen LogP contribution in [0, 0.1) is 0 Å². The molecule has 12 heteroatoms. The number of likely N-dealkylation sites (tertiary alicyclic amines) is 1. The molecule has 3 aliphatic carbocycles. The second-order valence-corrected chi connectivity index (χ2v) is 12.0. The number of halogens is 3. The van der Waals surface area contributed by atoms with Gasteiger partial charge in [-0.25, -0.2) is 19.0 Å². The lowest BCUT2D eigenvalue weighted by atomic mass is 9.46. The van der Waals surface area contributed by atoms with Crippen molar-refractivity contribution in [1.82, 2.24) is 24.6 Å². The molecule has 2 saturated heterocycles. The fourth-order valence-corrected chi connectivity index (χ4v) is 7.46. The number of fused-ring (bicyclic) bond motifs is 1. The Bertz CT molecular complexity index is 1390. The number of nitrogens with zero attached hydrogens (tertiary/aromatic N) is 5. The lowest BCUT2D eigenvalue weighted by Crippen LogP contribution is -2.73. The van der Waals surface area contributed by atoms with Crippen LogP contribution in [0.25, 0.3) is 10.9 Å². The Hall–Kier alpha value is -2.08. The second-order valence-electron chi connectivity index (χ2n) is 11.2. The molecule has 2 N–H and O–H groups in total. The van der Waals surface area contributed by atoms with Crippen molar-refractivity contribution in [3.63, 3.8) is 0 Å². The Morgan fingerprint density at radius 1 is 1.21 bits per heavy atom. The first kappa shape index (κ1) is 24.9. The molecular formula is C26H29Cl2FN6O3. The summed E-state index contributed by atoms with van der Waals surface area (Å²) < 4.78 is 28.3. The van der Waals surface area contributed by atoms with Crippen molar-refractivity contribution in [3.05, 3.63) is 40.3 Å². The number of rotatable bonds is 6. The highest BCUT2D eigenvalue weighted by Gasteiger charge is 2.71. The maximum atomic E-state index is 15.4. The van der Waals surface area contributed by atoms with E-state index < -0.39 is 12.3 Å². The first-order valence-electron chi connectivity index (χ1n) is 13.0. The van der Waals surface area contributed by atoms with E-state index in [0.29, 0.717) is 53.5 Å². The summed E-state index contributed by atoms with van der Waals surface area (Å²) in [5.74, 6) is 0.0186. The normalized spacial score (nSPS) is 34.8. The lowest BCUT2D eigenvalue weighted by molar-refractivity contribution is -0.265. The van der Waals surface area contributed by atoms with E-state index >= 15 is 4.39 Å². The molecule has 8 rings (SSSR count). The molecule has 2 aliphatic heterocycles. The first-order valence-corrected chi connectivity index (χ1v) is 13.7. The molecule has 3 aromatic rings. The van der Waals surface area contributed by atoms with Crippen molar-refractivity contribution >= 4 is 45.7 Å². The molecule has 0 radical (unpaired) electrons. The van der Waals surface area contributed by atoms with Crippen molar-refractivity contribution in [1.29, 1.82) is 0 Å². The number of aliphatic hydroxyl groups excluding tert-OH is 1. The topological polar surface area (TPSA) is 97.6 Å². The Kier molecular flexibility index (Phi) is 5.88. The van der Waals surface area contributed by atoms with Crippen LogP contribution < -0.4 is 5.32 Å². The van der Waals surface area contributed by atoms with Gasteiger partial charge in [0.1, 0.15) is 6.17 Å². The van der Waals surface area contributed by atoms with E-state index in [1.54, 1.807) is 25.6 Å². The van der Waals surface area contributed by atoms with Crippen molar-refractivity contribution in [2.75, 3.05) is 38.7 Å². The zero-order valence-electron chi connectivity index (χ0n) is 20.9. The largest absolute Gasteiger partial charge is 0.389 e. The summed E-state index contributed by atoms with van der Waals surface area (Å²) in [5.41, 5.74) is 1.96. The molecule has 4 atom stereocenters. The van der Waals surface area contributed by atoms with Crippen LogP contribution in [0.3, 0.4) is 0 Å². The number of methoxy groups -OCH3 is 1. The average Bonchev–Trinajstić information content (AvgIpc) is 3.44. The first-order chi connectivity index (χ1) is 18.3. The van der Waals surface area contributed by atoms with Crippen LogP contribution in [0.4, 0.5) is 16.0 Å². The average molecular weight is 563 g/mol. The molecule has 3 saturated carbocycles. The molecule has 9 nitrogen and oxygen atoms in total. The third kappa shape index (κ3) is 3.83. The fourth-order valence-electron chi connectivity index (χ4n) is 6.83. The van der Waals surface area contributed by atoms with Crippen LogP contribution in [0.2, 0.25) is 10.2 Å². The summed E-state index contributed by atoms with van der Waals surface area (Å²) in [4.78, 5) is 11.1. The van der Waals surface area contributed by atoms with Crippen LogP contribution in [-0.2, 0) is 15.0 Å². The van der Waals surface area contributed by atoms with Crippen LogP contribution in [0.1, 0.15) is 37.2 Å². The number of piperidine rings is 1. The number of hydrogen-bond donors (Lipinski definition) is 2. The monoisotopic (exact) mass is 562 g/mol. The number of aliphatic hydroxyl groups is 1. The van der Waals surface area contributed by atoms with Gasteiger partial charge in [-0.2, -0.15) is 5.10 Å². The third-order valence-electron chi connectivity index (χ3n) is 8.95. The molecule has 5 fully saturated rings. The molecule has 0 amide bonds. The third-order valence-corrected chi connectivity index (χ3v) is 9.64. The predicted octanol–water partition coefficient (Wildman–Crippen LogP) is 4.04. The van der Waals surface area contributed by atoms with Gasteiger partial charge in [-0.05, 0) is 30.7 Å². The highest BCUT2D eigenvalue weighted by Crippen LogP contribution is 2.67. The van der Waals surface area contributed by atoms with E-state index in [2.05, 4.69) is 20.4 Å². The Labute approximate surface area is 229 Å². The van der Waals surface area contributed by atoms with Gasteiger partial charge >= 0.3 is 0 Å². The quantitative estimate of drug-likeness (QED) is 0.464. The fraction of sp³-hybridized carbons (Fsp3) is 0.577. The van der Waals surface area contributed by atoms with E-state index in [0.717, 1.165) is 30.2 Å². The molecule has 0 spiro atoms. The van der Waals surface area contributed by atoms with E-state index in [1.165, 1.54) is 0 Å². The van der Waals surface area contributed by atoms with Gasteiger partial charge in [0.2, 0.25) is 5.95 Å². The van der Waals surface area contributed by atoms with Crippen molar-refractivity contribution in [2.45, 2.75) is 61.1 Å². The van der Waals surface area contributed by atoms with Gasteiger partial charge in [0, 0.05) is 55.4 Å². The Balaban J connectivity index is 1.10. The molecule has 202 valence electrons. The number of alkyl halides is 1. The summed E-state index contributed by atoms with van der Waals surface area (Å²) >= 11 is 13.3. The van der Waals surface area contributed by atoms with Gasteiger partial charge in [-0.1, -0.05) is 23.2 Å². The zero-order chi connectivity index (χ0) is 26.2. The molecule has 4 heterocycles. The number of hydrogen-bond acceptors (Lipinski definition) is 8. The second kappa shape index (κ2) is 8.97. The number of benzene rings is 1. The summed E-state index contributed by atoms with van der Waals surface area (Å²) in [6.07, 6.45) is 5.02. The van der Waals surface area contributed by atoms with Gasteiger partial charge in [0.05, 0.1) is 53.9 Å². The summed E-state index contributed by atoms with van der Waals surface area (Å²) in [6, 6.07) is 3.50. The van der Waals surface area contributed by atoms with Crippen LogP contribution in [0.5, 0.6) is 0 Å². The molecule has 38 heavy (non-hydrogen) atoms. The van der Waals surface area contributed by atoms with Gasteiger partial charge < -0.3 is 19.9 Å². The Morgan fingerprint density at radius 3 is 2.74 bits per heavy atom. The van der Waals surface area contributed by atoms with Crippen molar-refractivity contribution in [3.8, 4) is 0 Å². The van der Waals surface area contributed by atoms with E-state index in [1.807, 2.05) is 15.6 Å². The maximum absolute atomic E-state index is 15.4. The molecular weight excluding hydrogens is 534 g/mol. The highest BCUT2D eigenvalue weighted by atomic mass is 35.5. The number of anilines is 2. The van der Waals surface area contributed by atoms with Crippen LogP contribution in [-0.4, -0.2) is 87.1 Å². The smallest absolute Gasteiger partial charge is 0.227 e. The van der Waals surface area contributed by atoms with E-state index in [-0.39, 0.29) is 29.6 Å². The summed E-state index contributed by atoms with van der Waals surface area (Å²) in [7, 11) is 1.75. The minimum Gasteiger partial charge on any atom is -0.389 e. The molecule has 5 aliphatic rings. The number of aromatic nitrogens is 4. The van der Waals surface area contributed by atoms with E-state index in [4.69, 9.17) is 32.7 Å². The lowest BCUT2D eigenvalue weighted by Gasteiger charge is -2.68. The molecule has 2 aromatic heterocycles. The van der Waals surface area contributed by atoms with E-state index in [9.17, 15) is 5.11 Å². The molecule has 1 aromatic carbocycles. The summed E-state index contributed by atoms with van der Waals surface area (Å²) in [5, 5.41) is 19.7. The SMILES string of the molecule is COC12CC(n3ncc(Nc4ncc5cc(Cl)c([C@@H]6CCN([C@@H]7COCC7O)CC6F)cc5n4)c3Cl)(C1)C2. The number of ether oxygens (including phenoxy) is 2. The molecule has 2 bridgehead atoms. The molecule has 2 unspecified atom stereocenters. The zero-order valence-corrected chi connectivity index (χ0v) is 22.4. The maximum Gasteiger partial charge on any atom is 0.227 e.